The molecule has 1 saturated heterocycles. The van der Waals surface area contributed by atoms with E-state index in [0.717, 1.165) is 0 Å². The van der Waals surface area contributed by atoms with Crippen LogP contribution in [0.2, 0.25) is 0 Å². The lowest BCUT2D eigenvalue weighted by atomic mass is 10.1. The molecule has 9 heavy (non-hydrogen) atoms. The molecule has 3 nitrogen and oxygen atoms in total. The van der Waals surface area contributed by atoms with E-state index in [0.29, 0.717) is 19.6 Å². The lowest BCUT2D eigenvalue weighted by Crippen LogP contribution is -2.43. The molecule has 0 aromatic carbocycles. The first kappa shape index (κ1) is 7.34. The summed E-state index contributed by atoms with van der Waals surface area (Å²) >= 11 is 3.83. The number of aliphatic hydroxyl groups excluding tert-OH is 1. The molecule has 0 saturated carbocycles. The van der Waals surface area contributed by atoms with Crippen molar-refractivity contribution in [3.8, 4) is 0 Å². The Bertz CT molecular complexity index is 91.0. The van der Waals surface area contributed by atoms with Gasteiger partial charge in [0.1, 0.15) is 0 Å². The standard InChI is InChI=1S/C5H11NO2S/c7-5-1-2-8-3-4(5)6-9/h4-7,9H,1-3H2/t4-,5-/m0/s1. The summed E-state index contributed by atoms with van der Waals surface area (Å²) in [6.45, 7) is 1.22. The summed E-state index contributed by atoms with van der Waals surface area (Å²) in [6.07, 6.45) is 0.411. The van der Waals surface area contributed by atoms with Crippen molar-refractivity contribution in [2.24, 2.45) is 0 Å². The minimum absolute atomic E-state index is 0.00193. The Kier molecular flexibility index (Phi) is 2.78. The van der Waals surface area contributed by atoms with Gasteiger partial charge in [0.05, 0.1) is 18.8 Å². The Balaban J connectivity index is 2.30. The van der Waals surface area contributed by atoms with Gasteiger partial charge in [-0.15, -0.1) is 0 Å². The van der Waals surface area contributed by atoms with Crippen molar-refractivity contribution in [1.29, 1.82) is 0 Å². The minimum atomic E-state index is -0.295. The molecule has 0 bridgehead atoms. The minimum Gasteiger partial charge on any atom is -0.391 e. The monoisotopic (exact) mass is 149 g/mol. The average molecular weight is 149 g/mol. The van der Waals surface area contributed by atoms with Gasteiger partial charge in [-0.2, -0.15) is 0 Å². The summed E-state index contributed by atoms with van der Waals surface area (Å²) in [5.74, 6) is 0. The molecule has 2 N–H and O–H groups in total. The van der Waals surface area contributed by atoms with Gasteiger partial charge in [0.15, 0.2) is 0 Å². The number of thiol groups is 1. The second kappa shape index (κ2) is 3.41. The third-order valence-corrected chi connectivity index (χ3v) is 1.82. The number of hydrogen-bond donors (Lipinski definition) is 3. The molecule has 1 fully saturated rings. The van der Waals surface area contributed by atoms with Crippen LogP contribution in [0.25, 0.3) is 0 Å². The van der Waals surface area contributed by atoms with Crippen LogP contribution in [0.5, 0.6) is 0 Å². The highest BCUT2D eigenvalue weighted by atomic mass is 32.1. The van der Waals surface area contributed by atoms with E-state index in [1.165, 1.54) is 0 Å². The van der Waals surface area contributed by atoms with Crippen LogP contribution in [0.3, 0.4) is 0 Å². The number of hydrogen-bond acceptors (Lipinski definition) is 4. The molecule has 0 amide bonds. The molecular formula is C5H11NO2S. The fourth-order valence-corrected chi connectivity index (χ4v) is 1.10. The van der Waals surface area contributed by atoms with E-state index in [-0.39, 0.29) is 12.1 Å². The molecule has 0 spiro atoms. The molecule has 0 unspecified atom stereocenters. The highest BCUT2D eigenvalue weighted by Gasteiger charge is 2.21. The Labute approximate surface area is 59.9 Å². The van der Waals surface area contributed by atoms with Crippen LogP contribution in [-0.2, 0) is 4.74 Å². The molecule has 0 radical (unpaired) electrons. The zero-order chi connectivity index (χ0) is 6.69. The van der Waals surface area contributed by atoms with E-state index in [9.17, 15) is 5.11 Å². The van der Waals surface area contributed by atoms with Crippen molar-refractivity contribution in [2.75, 3.05) is 13.2 Å². The van der Waals surface area contributed by atoms with E-state index in [4.69, 9.17) is 4.74 Å². The fourth-order valence-electron chi connectivity index (χ4n) is 0.850. The maximum absolute atomic E-state index is 9.18. The van der Waals surface area contributed by atoms with Crippen molar-refractivity contribution in [2.45, 2.75) is 18.6 Å². The third kappa shape index (κ3) is 1.82. The molecule has 0 aromatic rings. The van der Waals surface area contributed by atoms with Gasteiger partial charge in [0.25, 0.3) is 0 Å². The molecule has 1 aliphatic rings. The van der Waals surface area contributed by atoms with Crippen LogP contribution in [0.4, 0.5) is 0 Å². The maximum Gasteiger partial charge on any atom is 0.0746 e. The summed E-state index contributed by atoms with van der Waals surface area (Å²) in [6, 6.07) is 0.00193. The molecule has 0 aromatic heterocycles. The van der Waals surface area contributed by atoms with E-state index < -0.39 is 0 Å². The van der Waals surface area contributed by atoms with E-state index in [1.54, 1.807) is 0 Å². The summed E-state index contributed by atoms with van der Waals surface area (Å²) in [7, 11) is 0. The molecular weight excluding hydrogens is 138 g/mol. The lowest BCUT2D eigenvalue weighted by Gasteiger charge is -2.26. The largest absolute Gasteiger partial charge is 0.391 e. The van der Waals surface area contributed by atoms with Gasteiger partial charge < -0.3 is 9.84 Å². The van der Waals surface area contributed by atoms with E-state index in [1.807, 2.05) is 0 Å². The molecule has 1 heterocycles. The van der Waals surface area contributed by atoms with Crippen LogP contribution in [0.15, 0.2) is 0 Å². The summed E-state index contributed by atoms with van der Waals surface area (Å²) in [5, 5.41) is 9.18. The average Bonchev–Trinajstić information content (AvgIpc) is 1.89. The van der Waals surface area contributed by atoms with Crippen LogP contribution >= 0.6 is 12.8 Å². The SMILES string of the molecule is O[C@H]1CCOC[C@@H]1NS. The first-order valence-electron chi connectivity index (χ1n) is 3.00. The topological polar surface area (TPSA) is 41.5 Å². The van der Waals surface area contributed by atoms with Gasteiger partial charge in [0.2, 0.25) is 0 Å². The molecule has 1 aliphatic heterocycles. The molecule has 0 aliphatic carbocycles. The normalized spacial score (nSPS) is 36.7. The van der Waals surface area contributed by atoms with E-state index in [2.05, 4.69) is 17.5 Å². The Morgan fingerprint density at radius 1 is 1.67 bits per heavy atom. The fraction of sp³-hybridized carbons (Fsp3) is 1.00. The molecule has 4 heteroatoms. The zero-order valence-corrected chi connectivity index (χ0v) is 5.97. The molecule has 54 valence electrons. The van der Waals surface area contributed by atoms with Gasteiger partial charge in [-0.1, -0.05) is 12.8 Å². The second-order valence-corrected chi connectivity index (χ2v) is 2.42. The highest BCUT2D eigenvalue weighted by Crippen LogP contribution is 2.06. The van der Waals surface area contributed by atoms with Gasteiger partial charge in [-0.05, 0) is 6.42 Å². The van der Waals surface area contributed by atoms with Gasteiger partial charge in [-0.25, -0.2) is 0 Å². The zero-order valence-electron chi connectivity index (χ0n) is 5.08. The number of rotatable bonds is 1. The summed E-state index contributed by atoms with van der Waals surface area (Å²) < 4.78 is 7.75. The number of nitrogens with one attached hydrogen (secondary N) is 1. The smallest absolute Gasteiger partial charge is 0.0746 e. The van der Waals surface area contributed by atoms with Crippen molar-refractivity contribution >= 4 is 12.8 Å². The molecule has 1 rings (SSSR count). The number of ether oxygens (including phenoxy) is 1. The van der Waals surface area contributed by atoms with Crippen LogP contribution in [0, 0.1) is 0 Å². The Morgan fingerprint density at radius 2 is 2.44 bits per heavy atom. The van der Waals surface area contributed by atoms with Gasteiger partial charge >= 0.3 is 0 Å². The van der Waals surface area contributed by atoms with Crippen molar-refractivity contribution in [3.63, 3.8) is 0 Å². The van der Waals surface area contributed by atoms with Crippen molar-refractivity contribution < 1.29 is 9.84 Å². The first-order valence-corrected chi connectivity index (χ1v) is 3.44. The van der Waals surface area contributed by atoms with Crippen molar-refractivity contribution in [3.05, 3.63) is 0 Å². The van der Waals surface area contributed by atoms with E-state index >= 15 is 0 Å². The number of aliphatic hydroxyl groups is 1. The van der Waals surface area contributed by atoms with Crippen molar-refractivity contribution in [1.82, 2.24) is 4.72 Å². The molecule has 2 atom stereocenters. The first-order chi connectivity index (χ1) is 4.34. The predicted molar refractivity (Wildman–Crippen MR) is 37.4 cm³/mol. The highest BCUT2D eigenvalue weighted by molar-refractivity contribution is 7.78. The second-order valence-electron chi connectivity index (χ2n) is 2.17. The maximum atomic E-state index is 9.18. The van der Waals surface area contributed by atoms with Crippen LogP contribution in [-0.4, -0.2) is 30.5 Å². The lowest BCUT2D eigenvalue weighted by molar-refractivity contribution is -0.00737. The predicted octanol–water partition coefficient (Wildman–Crippen LogP) is -0.429. The van der Waals surface area contributed by atoms with Gasteiger partial charge in [0, 0.05) is 6.61 Å². The van der Waals surface area contributed by atoms with Gasteiger partial charge in [-0.3, -0.25) is 4.72 Å². The Hall–Kier alpha value is 0.230. The van der Waals surface area contributed by atoms with Crippen LogP contribution in [0.1, 0.15) is 6.42 Å². The summed E-state index contributed by atoms with van der Waals surface area (Å²) in [4.78, 5) is 0. The summed E-state index contributed by atoms with van der Waals surface area (Å²) in [5.41, 5.74) is 0. The Morgan fingerprint density at radius 3 is 2.89 bits per heavy atom. The third-order valence-electron chi connectivity index (χ3n) is 1.49. The quantitative estimate of drug-likeness (QED) is 0.443. The van der Waals surface area contributed by atoms with Crippen LogP contribution < -0.4 is 4.72 Å².